The molecule has 0 radical (unpaired) electrons. The fourth-order valence-corrected chi connectivity index (χ4v) is 2.89. The van der Waals surface area contributed by atoms with E-state index in [2.05, 4.69) is 44.3 Å². The lowest BCUT2D eigenvalue weighted by atomic mass is 9.92. The Morgan fingerprint density at radius 2 is 2.15 bits per heavy atom. The molecule has 0 bridgehead atoms. The Morgan fingerprint density at radius 1 is 1.35 bits per heavy atom. The molecule has 2 N–H and O–H groups in total. The molecule has 0 saturated heterocycles. The minimum atomic E-state index is 0.244. The molecule has 1 heterocycles. The summed E-state index contributed by atoms with van der Waals surface area (Å²) in [5, 5.41) is 12.9. The average Bonchev–Trinajstić information content (AvgIpc) is 2.90. The zero-order valence-corrected chi connectivity index (χ0v) is 12.9. The van der Waals surface area contributed by atoms with Crippen molar-refractivity contribution in [2.75, 3.05) is 13.2 Å². The first-order valence-electron chi connectivity index (χ1n) is 7.78. The Hall–Kier alpha value is -1.06. The van der Waals surface area contributed by atoms with Gasteiger partial charge < -0.3 is 15.2 Å². The van der Waals surface area contributed by atoms with Gasteiger partial charge in [0.2, 0.25) is 0 Å². The lowest BCUT2D eigenvalue weighted by Crippen LogP contribution is -2.35. The first kappa shape index (κ1) is 15.3. The smallest absolute Gasteiger partial charge is 0.122 e. The van der Waals surface area contributed by atoms with Crippen LogP contribution in [0.5, 0.6) is 5.75 Å². The van der Waals surface area contributed by atoms with Crippen LogP contribution in [0.2, 0.25) is 0 Å². The second kappa shape index (κ2) is 7.09. The molecule has 1 aliphatic rings. The van der Waals surface area contributed by atoms with Gasteiger partial charge in [0.25, 0.3) is 0 Å². The molecule has 1 aliphatic heterocycles. The Balaban J connectivity index is 2.15. The van der Waals surface area contributed by atoms with Crippen LogP contribution in [0.1, 0.15) is 50.8 Å². The summed E-state index contributed by atoms with van der Waals surface area (Å²) in [6.07, 6.45) is 2.87. The van der Waals surface area contributed by atoms with Crippen molar-refractivity contribution >= 4 is 0 Å². The summed E-state index contributed by atoms with van der Waals surface area (Å²) in [4.78, 5) is 0. The van der Waals surface area contributed by atoms with Gasteiger partial charge in [0, 0.05) is 25.1 Å². The first-order valence-corrected chi connectivity index (χ1v) is 7.78. The maximum Gasteiger partial charge on any atom is 0.122 e. The second-order valence-corrected chi connectivity index (χ2v) is 5.97. The predicted molar refractivity (Wildman–Crippen MR) is 82.1 cm³/mol. The van der Waals surface area contributed by atoms with Gasteiger partial charge >= 0.3 is 0 Å². The molecule has 0 saturated carbocycles. The highest BCUT2D eigenvalue weighted by Crippen LogP contribution is 2.31. The van der Waals surface area contributed by atoms with Crippen LogP contribution < -0.4 is 10.1 Å². The third kappa shape index (κ3) is 3.53. The molecule has 0 fully saturated rings. The van der Waals surface area contributed by atoms with Crippen molar-refractivity contribution in [3.05, 3.63) is 29.3 Å². The third-order valence-corrected chi connectivity index (χ3v) is 4.12. The Labute approximate surface area is 122 Å². The molecular weight excluding hydrogens is 250 g/mol. The standard InChI is InChI=1S/C17H27NO2/c1-4-15(7-9-19)18-17(12(2)3)14-5-6-16-13(11-14)8-10-20-16/h5-6,11-12,15,17-19H,4,7-10H2,1-3H3. The van der Waals surface area contributed by atoms with Crippen molar-refractivity contribution in [2.45, 2.75) is 52.1 Å². The summed E-state index contributed by atoms with van der Waals surface area (Å²) in [5.41, 5.74) is 2.66. The minimum Gasteiger partial charge on any atom is -0.493 e. The molecular formula is C17H27NO2. The molecule has 0 spiro atoms. The Kier molecular flexibility index (Phi) is 5.44. The number of nitrogens with one attached hydrogen (secondary N) is 1. The number of aliphatic hydroxyl groups excluding tert-OH is 1. The zero-order chi connectivity index (χ0) is 14.5. The molecule has 0 aliphatic carbocycles. The summed E-state index contributed by atoms with van der Waals surface area (Å²) < 4.78 is 5.58. The molecule has 2 unspecified atom stereocenters. The lowest BCUT2D eigenvalue weighted by molar-refractivity contribution is 0.246. The topological polar surface area (TPSA) is 41.5 Å². The number of hydrogen-bond donors (Lipinski definition) is 2. The van der Waals surface area contributed by atoms with Crippen LogP contribution in [0.4, 0.5) is 0 Å². The van der Waals surface area contributed by atoms with E-state index in [1.807, 2.05) is 0 Å². The number of benzene rings is 1. The highest BCUT2D eigenvalue weighted by Gasteiger charge is 2.21. The van der Waals surface area contributed by atoms with Gasteiger partial charge in [-0.3, -0.25) is 0 Å². The van der Waals surface area contributed by atoms with Crippen LogP contribution in [-0.4, -0.2) is 24.4 Å². The Bertz CT molecular complexity index is 431. The van der Waals surface area contributed by atoms with Gasteiger partial charge in [-0.05, 0) is 36.0 Å². The van der Waals surface area contributed by atoms with E-state index in [1.165, 1.54) is 11.1 Å². The van der Waals surface area contributed by atoms with Gasteiger partial charge in [0.05, 0.1) is 6.61 Å². The molecule has 20 heavy (non-hydrogen) atoms. The summed E-state index contributed by atoms with van der Waals surface area (Å²) in [5.74, 6) is 1.56. The normalized spacial score (nSPS) is 16.9. The van der Waals surface area contributed by atoms with E-state index < -0.39 is 0 Å². The average molecular weight is 277 g/mol. The van der Waals surface area contributed by atoms with Crippen LogP contribution in [0, 0.1) is 5.92 Å². The quantitative estimate of drug-likeness (QED) is 0.805. The highest BCUT2D eigenvalue weighted by molar-refractivity contribution is 5.41. The van der Waals surface area contributed by atoms with E-state index in [9.17, 15) is 0 Å². The number of rotatable bonds is 7. The van der Waals surface area contributed by atoms with Crippen molar-refractivity contribution in [2.24, 2.45) is 5.92 Å². The van der Waals surface area contributed by atoms with E-state index in [0.717, 1.165) is 31.6 Å². The maximum absolute atomic E-state index is 9.16. The summed E-state index contributed by atoms with van der Waals surface area (Å²) >= 11 is 0. The highest BCUT2D eigenvalue weighted by atomic mass is 16.5. The number of hydrogen-bond acceptors (Lipinski definition) is 3. The molecule has 1 aromatic rings. The molecule has 3 nitrogen and oxygen atoms in total. The molecule has 3 heteroatoms. The van der Waals surface area contributed by atoms with E-state index in [-0.39, 0.29) is 6.61 Å². The maximum atomic E-state index is 9.16. The SMILES string of the molecule is CCC(CCO)NC(c1ccc2c(c1)CCO2)C(C)C. The first-order chi connectivity index (χ1) is 9.65. The minimum absolute atomic E-state index is 0.244. The largest absolute Gasteiger partial charge is 0.493 e. The van der Waals surface area contributed by atoms with Crippen molar-refractivity contribution in [3.63, 3.8) is 0 Å². The van der Waals surface area contributed by atoms with Crippen LogP contribution in [-0.2, 0) is 6.42 Å². The van der Waals surface area contributed by atoms with Crippen molar-refractivity contribution in [1.29, 1.82) is 0 Å². The summed E-state index contributed by atoms with van der Waals surface area (Å²) in [6.45, 7) is 7.70. The van der Waals surface area contributed by atoms with Gasteiger partial charge in [-0.15, -0.1) is 0 Å². The van der Waals surface area contributed by atoms with Crippen molar-refractivity contribution < 1.29 is 9.84 Å². The molecule has 112 valence electrons. The van der Waals surface area contributed by atoms with E-state index in [0.29, 0.717) is 18.0 Å². The summed E-state index contributed by atoms with van der Waals surface area (Å²) in [6, 6.07) is 7.26. The predicted octanol–water partition coefficient (Wildman–Crippen LogP) is 3.07. The number of ether oxygens (including phenoxy) is 1. The Morgan fingerprint density at radius 3 is 2.80 bits per heavy atom. The zero-order valence-electron chi connectivity index (χ0n) is 12.9. The van der Waals surface area contributed by atoms with Gasteiger partial charge in [-0.25, -0.2) is 0 Å². The second-order valence-electron chi connectivity index (χ2n) is 5.97. The number of aliphatic hydroxyl groups is 1. The van der Waals surface area contributed by atoms with Crippen LogP contribution >= 0.6 is 0 Å². The fraction of sp³-hybridized carbons (Fsp3) is 0.647. The molecule has 0 aromatic heterocycles. The molecule has 2 rings (SSSR count). The van der Waals surface area contributed by atoms with E-state index in [4.69, 9.17) is 9.84 Å². The van der Waals surface area contributed by atoms with Gasteiger partial charge in [0.1, 0.15) is 5.75 Å². The van der Waals surface area contributed by atoms with Crippen LogP contribution in [0.25, 0.3) is 0 Å². The third-order valence-electron chi connectivity index (χ3n) is 4.12. The van der Waals surface area contributed by atoms with Gasteiger partial charge in [-0.2, -0.15) is 0 Å². The number of fused-ring (bicyclic) bond motifs is 1. The van der Waals surface area contributed by atoms with Crippen molar-refractivity contribution in [1.82, 2.24) is 5.32 Å². The molecule has 0 amide bonds. The lowest BCUT2D eigenvalue weighted by Gasteiger charge is -2.28. The van der Waals surface area contributed by atoms with Gasteiger partial charge in [0.15, 0.2) is 0 Å². The fourth-order valence-electron chi connectivity index (χ4n) is 2.89. The van der Waals surface area contributed by atoms with Gasteiger partial charge in [-0.1, -0.05) is 32.9 Å². The molecule has 1 aromatic carbocycles. The van der Waals surface area contributed by atoms with E-state index >= 15 is 0 Å². The summed E-state index contributed by atoms with van der Waals surface area (Å²) in [7, 11) is 0. The molecule has 2 atom stereocenters. The van der Waals surface area contributed by atoms with E-state index in [1.54, 1.807) is 0 Å². The monoisotopic (exact) mass is 277 g/mol. The van der Waals surface area contributed by atoms with Crippen LogP contribution in [0.15, 0.2) is 18.2 Å². The van der Waals surface area contributed by atoms with Crippen molar-refractivity contribution in [3.8, 4) is 5.75 Å². The van der Waals surface area contributed by atoms with Crippen LogP contribution in [0.3, 0.4) is 0 Å².